The first kappa shape index (κ1) is 11.0. The first-order valence-corrected chi connectivity index (χ1v) is 8.86. The van der Waals surface area contributed by atoms with Gasteiger partial charge in [-0.2, -0.15) is 10.1 Å². The Morgan fingerprint density at radius 3 is 2.93 bits per heavy atom. The molecule has 0 aliphatic heterocycles. The highest BCUT2D eigenvalue weighted by Gasteiger charge is 2.13. The van der Waals surface area contributed by atoms with Gasteiger partial charge in [-0.25, -0.2) is 4.45 Å². The Balaban J connectivity index is 2.96. The van der Waals surface area contributed by atoms with Crippen molar-refractivity contribution in [1.82, 2.24) is 19.5 Å². The monoisotopic (exact) mass is 454 g/mol. The predicted molar refractivity (Wildman–Crippen MR) is 73.6 cm³/mol. The molecule has 1 unspecified atom stereocenters. The minimum atomic E-state index is -0.245. The number of fused-ring (bicyclic) bond motifs is 1. The van der Waals surface area contributed by atoms with Gasteiger partial charge in [0.1, 0.15) is 9.09 Å². The SMILES string of the molecule is O=c1[nH]c(Cl)nc2c1c(I)nn2PI. The molecule has 2 heterocycles. The van der Waals surface area contributed by atoms with Crippen molar-refractivity contribution < 1.29 is 0 Å². The number of rotatable bonds is 1. The van der Waals surface area contributed by atoms with Gasteiger partial charge < -0.3 is 0 Å². The van der Waals surface area contributed by atoms with Crippen LogP contribution in [0.25, 0.3) is 11.0 Å². The maximum Gasteiger partial charge on any atom is 0.264 e. The van der Waals surface area contributed by atoms with Crippen molar-refractivity contribution in [1.29, 1.82) is 0 Å². The van der Waals surface area contributed by atoms with Gasteiger partial charge in [0.25, 0.3) is 5.56 Å². The molecular formula is C5H2ClI2N4OP. The third-order valence-corrected chi connectivity index (χ3v) is 4.32. The zero-order valence-corrected chi connectivity index (χ0v) is 12.5. The summed E-state index contributed by atoms with van der Waals surface area (Å²) in [7, 11) is 0. The molecule has 0 fully saturated rings. The highest BCUT2D eigenvalue weighted by atomic mass is 127. The largest absolute Gasteiger partial charge is 0.296 e. The summed E-state index contributed by atoms with van der Waals surface area (Å²) < 4.78 is 2.31. The Labute approximate surface area is 111 Å². The summed E-state index contributed by atoms with van der Waals surface area (Å²) in [4.78, 5) is 18.0. The van der Waals surface area contributed by atoms with Gasteiger partial charge in [0.05, 0.1) is 6.37 Å². The molecule has 0 aliphatic rings. The van der Waals surface area contributed by atoms with E-state index in [4.69, 9.17) is 11.6 Å². The summed E-state index contributed by atoms with van der Waals surface area (Å²) in [6.07, 6.45) is 0.394. The van der Waals surface area contributed by atoms with E-state index in [1.54, 1.807) is 4.45 Å². The van der Waals surface area contributed by atoms with Crippen molar-refractivity contribution in [2.45, 2.75) is 0 Å². The molecule has 0 amide bonds. The Morgan fingerprint density at radius 1 is 1.57 bits per heavy atom. The summed E-state index contributed by atoms with van der Waals surface area (Å²) in [5.74, 6) is 0. The number of halogens is 3. The molecule has 74 valence electrons. The van der Waals surface area contributed by atoms with Gasteiger partial charge in [0.15, 0.2) is 5.65 Å². The standard InChI is InChI=1S/C5H2ClI2N4OP/c6-5-9-3-1(4(13)10-5)2(7)11-12(3)14-8/h14H,(H,9,10,13). The molecule has 0 spiro atoms. The van der Waals surface area contributed by atoms with Crippen molar-refractivity contribution in [2.75, 3.05) is 0 Å². The molecule has 1 N–H and O–H groups in total. The summed E-state index contributed by atoms with van der Waals surface area (Å²) >= 11 is 9.83. The van der Waals surface area contributed by atoms with Crippen LogP contribution >= 0.6 is 62.6 Å². The van der Waals surface area contributed by atoms with Gasteiger partial charge in [-0.3, -0.25) is 9.78 Å². The minimum Gasteiger partial charge on any atom is -0.296 e. The zero-order valence-electron chi connectivity index (χ0n) is 6.38. The van der Waals surface area contributed by atoms with Crippen LogP contribution in [0.3, 0.4) is 0 Å². The van der Waals surface area contributed by atoms with Gasteiger partial charge in [0, 0.05) is 0 Å². The average Bonchev–Trinajstić information content (AvgIpc) is 2.42. The highest BCUT2D eigenvalue weighted by Crippen LogP contribution is 2.28. The van der Waals surface area contributed by atoms with E-state index in [-0.39, 0.29) is 10.8 Å². The van der Waals surface area contributed by atoms with Gasteiger partial charge >= 0.3 is 0 Å². The lowest BCUT2D eigenvalue weighted by Crippen LogP contribution is -2.07. The number of hydrogen-bond acceptors (Lipinski definition) is 3. The first-order chi connectivity index (χ1) is 6.63. The number of H-pyrrole nitrogens is 1. The van der Waals surface area contributed by atoms with Crippen LogP contribution in [-0.2, 0) is 0 Å². The van der Waals surface area contributed by atoms with Crippen LogP contribution in [0.4, 0.5) is 0 Å². The van der Waals surface area contributed by atoms with Crippen molar-refractivity contribution in [3.63, 3.8) is 0 Å². The minimum absolute atomic E-state index is 0.0923. The third kappa shape index (κ3) is 1.79. The average molecular weight is 454 g/mol. The van der Waals surface area contributed by atoms with Crippen molar-refractivity contribution in [2.24, 2.45) is 0 Å². The van der Waals surface area contributed by atoms with Crippen LogP contribution in [0.2, 0.25) is 5.28 Å². The molecule has 9 heteroatoms. The topological polar surface area (TPSA) is 63.6 Å². The molecule has 1 atom stereocenters. The van der Waals surface area contributed by atoms with Crippen molar-refractivity contribution >= 4 is 73.6 Å². The van der Waals surface area contributed by atoms with E-state index in [1.807, 2.05) is 22.6 Å². The molecule has 2 aromatic rings. The Hall–Kier alpha value is 0.530. The lowest BCUT2D eigenvalue weighted by molar-refractivity contribution is 1.00. The van der Waals surface area contributed by atoms with Crippen LogP contribution in [0, 0.1) is 3.70 Å². The summed E-state index contributed by atoms with van der Waals surface area (Å²) in [5, 5.41) is 4.77. The van der Waals surface area contributed by atoms with E-state index in [2.05, 4.69) is 37.1 Å². The number of nitrogens with one attached hydrogen (secondary N) is 1. The fourth-order valence-electron chi connectivity index (χ4n) is 1.02. The number of aromatic nitrogens is 4. The summed E-state index contributed by atoms with van der Waals surface area (Å²) in [6, 6.07) is 0. The quantitative estimate of drug-likeness (QED) is 0.408. The lowest BCUT2D eigenvalue weighted by atomic mass is 10.4. The van der Waals surface area contributed by atoms with Crippen molar-refractivity contribution in [3.05, 3.63) is 19.3 Å². The van der Waals surface area contributed by atoms with E-state index >= 15 is 0 Å². The fraction of sp³-hybridized carbons (Fsp3) is 0. The van der Waals surface area contributed by atoms with E-state index in [0.717, 1.165) is 0 Å². The molecule has 2 rings (SSSR count). The first-order valence-electron chi connectivity index (χ1n) is 3.34. The van der Waals surface area contributed by atoms with Crippen LogP contribution in [0.15, 0.2) is 4.79 Å². The van der Waals surface area contributed by atoms with E-state index < -0.39 is 0 Å². The molecule has 0 saturated heterocycles. The maximum absolute atomic E-state index is 11.5. The molecule has 14 heavy (non-hydrogen) atoms. The Kier molecular flexibility index (Phi) is 3.30. The smallest absolute Gasteiger partial charge is 0.264 e. The Bertz CT molecular complexity index is 552. The summed E-state index contributed by atoms with van der Waals surface area (Å²) in [6.45, 7) is 0. The molecule has 5 nitrogen and oxygen atoms in total. The number of nitrogens with zero attached hydrogens (tertiary/aromatic N) is 3. The van der Waals surface area contributed by atoms with Gasteiger partial charge in [-0.1, -0.05) is 0 Å². The second-order valence-electron chi connectivity index (χ2n) is 2.34. The molecule has 0 saturated carbocycles. The maximum atomic E-state index is 11.5. The molecule has 0 bridgehead atoms. The van der Waals surface area contributed by atoms with E-state index in [0.29, 0.717) is 21.1 Å². The third-order valence-electron chi connectivity index (χ3n) is 1.55. The second-order valence-corrected chi connectivity index (χ2v) is 5.76. The van der Waals surface area contributed by atoms with Crippen LogP contribution in [0.5, 0.6) is 0 Å². The second kappa shape index (κ2) is 4.18. The Morgan fingerprint density at radius 2 is 2.29 bits per heavy atom. The molecule has 2 aromatic heterocycles. The van der Waals surface area contributed by atoms with Crippen molar-refractivity contribution in [3.8, 4) is 0 Å². The normalized spacial score (nSPS) is 11.9. The predicted octanol–water partition coefficient (Wildman–Crippen LogP) is 2.17. The van der Waals surface area contributed by atoms with Crippen LogP contribution < -0.4 is 5.56 Å². The fourth-order valence-corrected chi connectivity index (χ4v) is 3.48. The van der Waals surface area contributed by atoms with Gasteiger partial charge in [-0.05, 0) is 56.2 Å². The lowest BCUT2D eigenvalue weighted by Gasteiger charge is -1.94. The zero-order chi connectivity index (χ0) is 10.3. The highest BCUT2D eigenvalue weighted by molar-refractivity contribution is 14.2. The van der Waals surface area contributed by atoms with E-state index in [9.17, 15) is 4.79 Å². The molecule has 0 aliphatic carbocycles. The number of aromatic amines is 1. The molecular weight excluding hydrogens is 452 g/mol. The van der Waals surface area contributed by atoms with Crippen LogP contribution in [-0.4, -0.2) is 19.5 Å². The van der Waals surface area contributed by atoms with Gasteiger partial charge in [-0.15, -0.1) is 0 Å². The van der Waals surface area contributed by atoms with E-state index in [1.165, 1.54) is 0 Å². The molecule has 0 aromatic carbocycles. The number of hydrogen-bond donors (Lipinski definition) is 1. The molecule has 0 radical (unpaired) electrons. The summed E-state index contributed by atoms with van der Waals surface area (Å²) in [5.41, 5.74) is 0.293. The van der Waals surface area contributed by atoms with Gasteiger partial charge in [0.2, 0.25) is 5.28 Å². The van der Waals surface area contributed by atoms with Crippen LogP contribution in [0.1, 0.15) is 0 Å².